The molecule has 0 aliphatic rings. The number of pyridine rings is 1. The van der Waals surface area contributed by atoms with Crippen LogP contribution >= 0.6 is 0 Å². The predicted molar refractivity (Wildman–Crippen MR) is 153 cm³/mol. The van der Waals surface area contributed by atoms with Gasteiger partial charge in [0.1, 0.15) is 11.5 Å². The first-order valence-electron chi connectivity index (χ1n) is 13.4. The van der Waals surface area contributed by atoms with E-state index in [-0.39, 0.29) is 23.9 Å². The Hall–Kier alpha value is -4.20. The van der Waals surface area contributed by atoms with Crippen LogP contribution in [0.3, 0.4) is 0 Å². The van der Waals surface area contributed by atoms with Gasteiger partial charge in [-0.05, 0) is 113 Å². The SMILES string of the molecule is CC(C)N(C(=O)c1ccc(OCCCCCOc2ccc(C=NNC(=O)c3cccnc3)cc2)cc1)C(C)C. The average molecular weight is 531 g/mol. The number of amides is 2. The molecule has 2 aromatic carbocycles. The number of carbonyl (C=O) groups is 2. The van der Waals surface area contributed by atoms with E-state index in [4.69, 9.17) is 9.47 Å². The van der Waals surface area contributed by atoms with Crippen molar-refractivity contribution in [3.8, 4) is 11.5 Å². The van der Waals surface area contributed by atoms with Crippen molar-refractivity contribution in [2.75, 3.05) is 13.2 Å². The first-order valence-corrected chi connectivity index (χ1v) is 13.4. The van der Waals surface area contributed by atoms with Gasteiger partial charge in [0.15, 0.2) is 0 Å². The fraction of sp³-hybridized carbons (Fsp3) is 0.355. The molecule has 0 saturated carbocycles. The van der Waals surface area contributed by atoms with Crippen molar-refractivity contribution in [3.63, 3.8) is 0 Å². The highest BCUT2D eigenvalue weighted by molar-refractivity contribution is 5.95. The molecule has 0 bridgehead atoms. The Morgan fingerprint density at radius 1 is 0.846 bits per heavy atom. The highest BCUT2D eigenvalue weighted by Gasteiger charge is 2.21. The van der Waals surface area contributed by atoms with Crippen LogP contribution in [-0.4, -0.2) is 53.2 Å². The summed E-state index contributed by atoms with van der Waals surface area (Å²) >= 11 is 0. The van der Waals surface area contributed by atoms with E-state index in [2.05, 4.69) is 15.5 Å². The number of unbranched alkanes of at least 4 members (excludes halogenated alkanes) is 2. The average Bonchev–Trinajstić information content (AvgIpc) is 2.93. The lowest BCUT2D eigenvalue weighted by molar-refractivity contribution is 0.0643. The Morgan fingerprint density at radius 2 is 1.44 bits per heavy atom. The summed E-state index contributed by atoms with van der Waals surface area (Å²) in [7, 11) is 0. The summed E-state index contributed by atoms with van der Waals surface area (Å²) in [6.45, 7) is 9.35. The highest BCUT2D eigenvalue weighted by atomic mass is 16.5. The maximum Gasteiger partial charge on any atom is 0.272 e. The standard InChI is InChI=1S/C31H38N4O4/c1-23(2)35(24(3)4)31(37)26-12-16-29(17-13-26)39-20-7-5-6-19-38-28-14-10-25(11-15-28)21-33-34-30(36)27-9-8-18-32-22-27/h8-18,21-24H,5-7,19-20H2,1-4H3,(H,34,36). The van der Waals surface area contributed by atoms with Gasteiger partial charge in [-0.2, -0.15) is 5.10 Å². The van der Waals surface area contributed by atoms with E-state index in [0.29, 0.717) is 24.3 Å². The second kappa shape index (κ2) is 15.3. The number of nitrogens with zero attached hydrogens (tertiary/aromatic N) is 3. The van der Waals surface area contributed by atoms with Crippen LogP contribution in [0.15, 0.2) is 78.2 Å². The first kappa shape index (κ1) is 29.4. The molecule has 0 aliphatic heterocycles. The van der Waals surface area contributed by atoms with Crippen molar-refractivity contribution in [2.45, 2.75) is 59.0 Å². The quantitative estimate of drug-likeness (QED) is 0.163. The van der Waals surface area contributed by atoms with Crippen LogP contribution in [-0.2, 0) is 0 Å². The molecule has 8 heteroatoms. The number of hydrazone groups is 1. The van der Waals surface area contributed by atoms with Crippen molar-refractivity contribution < 1.29 is 19.1 Å². The van der Waals surface area contributed by atoms with E-state index in [9.17, 15) is 9.59 Å². The van der Waals surface area contributed by atoms with Gasteiger partial charge in [0, 0.05) is 30.0 Å². The van der Waals surface area contributed by atoms with Crippen LogP contribution in [0.2, 0.25) is 0 Å². The molecule has 0 saturated heterocycles. The third-order valence-corrected chi connectivity index (χ3v) is 5.96. The largest absolute Gasteiger partial charge is 0.494 e. The summed E-state index contributed by atoms with van der Waals surface area (Å²) in [6, 6.07) is 18.6. The van der Waals surface area contributed by atoms with Crippen molar-refractivity contribution in [1.29, 1.82) is 0 Å². The van der Waals surface area contributed by atoms with Crippen LogP contribution in [0.5, 0.6) is 11.5 Å². The number of carbonyl (C=O) groups excluding carboxylic acids is 2. The Kier molecular flexibility index (Phi) is 11.5. The zero-order valence-corrected chi connectivity index (χ0v) is 23.2. The molecule has 0 unspecified atom stereocenters. The number of ether oxygens (including phenoxy) is 2. The minimum absolute atomic E-state index is 0.0413. The predicted octanol–water partition coefficient (Wildman–Crippen LogP) is 5.73. The van der Waals surface area contributed by atoms with Gasteiger partial charge in [-0.1, -0.05) is 0 Å². The van der Waals surface area contributed by atoms with Crippen LogP contribution in [0.1, 0.15) is 73.2 Å². The molecule has 3 rings (SSSR count). The molecule has 206 valence electrons. The van der Waals surface area contributed by atoms with Crippen LogP contribution in [0.25, 0.3) is 0 Å². The van der Waals surface area contributed by atoms with Crippen molar-refractivity contribution in [2.24, 2.45) is 5.10 Å². The van der Waals surface area contributed by atoms with E-state index in [1.165, 1.54) is 6.20 Å². The molecule has 39 heavy (non-hydrogen) atoms. The van der Waals surface area contributed by atoms with E-state index in [1.807, 2.05) is 81.1 Å². The van der Waals surface area contributed by atoms with Gasteiger partial charge in [-0.15, -0.1) is 0 Å². The van der Waals surface area contributed by atoms with Crippen molar-refractivity contribution >= 4 is 18.0 Å². The third kappa shape index (κ3) is 9.56. The zero-order valence-electron chi connectivity index (χ0n) is 23.2. The number of rotatable bonds is 14. The smallest absolute Gasteiger partial charge is 0.272 e. The number of nitrogens with one attached hydrogen (secondary N) is 1. The summed E-state index contributed by atoms with van der Waals surface area (Å²) in [5, 5.41) is 3.98. The second-order valence-electron chi connectivity index (χ2n) is 9.69. The van der Waals surface area contributed by atoms with E-state index >= 15 is 0 Å². The first-order chi connectivity index (χ1) is 18.8. The van der Waals surface area contributed by atoms with E-state index in [1.54, 1.807) is 24.5 Å². The molecule has 8 nitrogen and oxygen atoms in total. The number of hydrogen-bond acceptors (Lipinski definition) is 6. The lowest BCUT2D eigenvalue weighted by atomic mass is 10.1. The molecular formula is C31H38N4O4. The topological polar surface area (TPSA) is 93.1 Å². The Morgan fingerprint density at radius 3 is 1.97 bits per heavy atom. The molecule has 0 spiro atoms. The van der Waals surface area contributed by atoms with Crippen LogP contribution in [0.4, 0.5) is 0 Å². The molecule has 2 amide bonds. The minimum atomic E-state index is -0.311. The molecule has 1 N–H and O–H groups in total. The molecule has 0 fully saturated rings. The summed E-state index contributed by atoms with van der Waals surface area (Å²) < 4.78 is 11.7. The lowest BCUT2D eigenvalue weighted by Gasteiger charge is -2.30. The van der Waals surface area contributed by atoms with Gasteiger partial charge < -0.3 is 14.4 Å². The highest BCUT2D eigenvalue weighted by Crippen LogP contribution is 2.17. The third-order valence-electron chi connectivity index (χ3n) is 5.96. The Bertz CT molecular complexity index is 1190. The van der Waals surface area contributed by atoms with E-state index in [0.717, 1.165) is 36.3 Å². The lowest BCUT2D eigenvalue weighted by Crippen LogP contribution is -2.42. The molecular weight excluding hydrogens is 492 g/mol. The second-order valence-corrected chi connectivity index (χ2v) is 9.69. The molecule has 0 radical (unpaired) electrons. The van der Waals surface area contributed by atoms with Gasteiger partial charge in [0.2, 0.25) is 0 Å². The summed E-state index contributed by atoms with van der Waals surface area (Å²) in [4.78, 5) is 30.5. The van der Waals surface area contributed by atoms with Gasteiger partial charge in [-0.25, -0.2) is 5.43 Å². The van der Waals surface area contributed by atoms with Crippen LogP contribution in [0, 0.1) is 0 Å². The summed E-state index contributed by atoms with van der Waals surface area (Å²) in [6.07, 6.45) is 7.49. The fourth-order valence-corrected chi connectivity index (χ4v) is 4.05. The molecule has 1 aromatic heterocycles. The number of benzene rings is 2. The van der Waals surface area contributed by atoms with Gasteiger partial charge in [0.05, 0.1) is 25.0 Å². The molecule has 3 aromatic rings. The Labute approximate surface area is 231 Å². The van der Waals surface area contributed by atoms with Crippen molar-refractivity contribution in [3.05, 3.63) is 89.7 Å². The van der Waals surface area contributed by atoms with Crippen molar-refractivity contribution in [1.82, 2.24) is 15.3 Å². The van der Waals surface area contributed by atoms with Crippen LogP contribution < -0.4 is 14.9 Å². The Balaban J connectivity index is 1.29. The normalized spacial score (nSPS) is 11.1. The monoisotopic (exact) mass is 530 g/mol. The van der Waals surface area contributed by atoms with E-state index < -0.39 is 0 Å². The fourth-order valence-electron chi connectivity index (χ4n) is 4.05. The maximum absolute atomic E-state index is 12.8. The van der Waals surface area contributed by atoms with Gasteiger partial charge >= 0.3 is 0 Å². The number of hydrogen-bond donors (Lipinski definition) is 1. The van der Waals surface area contributed by atoms with Gasteiger partial charge in [-0.3, -0.25) is 14.6 Å². The molecule has 1 heterocycles. The summed E-state index contributed by atoms with van der Waals surface area (Å²) in [5.41, 5.74) is 4.46. The van der Waals surface area contributed by atoms with Gasteiger partial charge in [0.25, 0.3) is 11.8 Å². The zero-order chi connectivity index (χ0) is 28.0. The number of aromatic nitrogens is 1. The maximum atomic E-state index is 12.8. The summed E-state index contributed by atoms with van der Waals surface area (Å²) in [5.74, 6) is 1.28. The minimum Gasteiger partial charge on any atom is -0.494 e. The molecule has 0 atom stereocenters. The molecule has 0 aliphatic carbocycles.